The van der Waals surface area contributed by atoms with Gasteiger partial charge < -0.3 is 0 Å². The van der Waals surface area contributed by atoms with Gasteiger partial charge in [-0.05, 0) is 117 Å². The van der Waals surface area contributed by atoms with Crippen LogP contribution < -0.4 is 15.9 Å². The molecule has 13 heteroatoms. The van der Waals surface area contributed by atoms with Crippen LogP contribution in [0.4, 0.5) is 0 Å². The van der Waals surface area contributed by atoms with Crippen molar-refractivity contribution in [1.29, 1.82) is 0 Å². The lowest BCUT2D eigenvalue weighted by atomic mass is 10.1. The molecule has 3 rings (SSSR count). The monoisotopic (exact) mass is 586 g/mol. The molecule has 0 unspecified atom stereocenters. The molecule has 0 bridgehead atoms. The van der Waals surface area contributed by atoms with Crippen molar-refractivity contribution in [3.8, 4) is 0 Å². The zero-order valence-electron chi connectivity index (χ0n) is 20.9. The predicted octanol–water partition coefficient (Wildman–Crippen LogP) is 3.04. The van der Waals surface area contributed by atoms with Gasteiger partial charge in [-0.2, -0.15) is 25.3 Å². The predicted molar refractivity (Wildman–Crippen MR) is 143 cm³/mol. The number of benzene rings is 3. The number of aryl methyl sites for hydroxylation is 3. The molecule has 3 N–H and O–H groups in total. The third kappa shape index (κ3) is 5.51. The summed E-state index contributed by atoms with van der Waals surface area (Å²) in [6.45, 7) is 9.69. The summed E-state index contributed by atoms with van der Waals surface area (Å²) in [5, 5.41) is 1.38. The summed E-state index contributed by atoms with van der Waals surface area (Å²) in [6, 6.07) is 8.32. The van der Waals surface area contributed by atoms with Crippen LogP contribution in [0, 0.1) is 41.5 Å². The molecule has 0 heterocycles. The van der Waals surface area contributed by atoms with E-state index in [9.17, 15) is 38.9 Å². The van der Waals surface area contributed by atoms with Crippen LogP contribution in [-0.2, 0) is 30.4 Å². The van der Waals surface area contributed by atoms with E-state index in [0.29, 0.717) is 32.6 Å². The second-order valence-electron chi connectivity index (χ2n) is 8.82. The van der Waals surface area contributed by atoms with Crippen molar-refractivity contribution in [3.05, 3.63) is 69.8 Å². The maximum absolute atomic E-state index is 12.2. The third-order valence-electron chi connectivity index (χ3n) is 6.25. The molecule has 0 aliphatic carbocycles. The van der Waals surface area contributed by atoms with Gasteiger partial charge in [-0.1, -0.05) is 18.2 Å². The first kappa shape index (κ1) is 29.4. The van der Waals surface area contributed by atoms with Gasteiger partial charge in [0.05, 0.1) is 14.7 Å². The highest BCUT2D eigenvalue weighted by atomic mass is 32.2. The molecule has 0 aliphatic heterocycles. The first-order valence-electron chi connectivity index (χ1n) is 10.8. The van der Waals surface area contributed by atoms with Gasteiger partial charge >= 0.3 is 0 Å². The Labute approximate surface area is 218 Å². The van der Waals surface area contributed by atoms with Gasteiger partial charge in [0.1, 0.15) is 0 Å². The highest BCUT2D eigenvalue weighted by molar-refractivity contribution is 7.87. The van der Waals surface area contributed by atoms with E-state index >= 15 is 0 Å². The average Bonchev–Trinajstić information content (AvgIpc) is 2.70. The van der Waals surface area contributed by atoms with Crippen LogP contribution in [0.1, 0.15) is 33.4 Å². The van der Waals surface area contributed by atoms with Crippen molar-refractivity contribution in [2.75, 3.05) is 0 Å². The molecule has 37 heavy (non-hydrogen) atoms. The average molecular weight is 587 g/mol. The summed E-state index contributed by atoms with van der Waals surface area (Å²) in [5.74, 6) is 0. The second-order valence-corrected chi connectivity index (χ2v) is 15.0. The number of rotatable bonds is 6. The van der Waals surface area contributed by atoms with Crippen molar-refractivity contribution >= 4 is 54.2 Å². The molecule has 0 radical (unpaired) electrons. The zero-order chi connectivity index (χ0) is 28.2. The summed E-state index contributed by atoms with van der Waals surface area (Å²) in [5.41, 5.74) is 2.47. The van der Waals surface area contributed by atoms with E-state index in [0.717, 1.165) is 0 Å². The lowest BCUT2D eigenvalue weighted by Gasteiger charge is -2.30. The lowest BCUT2D eigenvalue weighted by Crippen LogP contribution is -2.32. The van der Waals surface area contributed by atoms with Gasteiger partial charge in [-0.25, -0.2) is 0 Å². The Balaban J connectivity index is 2.67. The van der Waals surface area contributed by atoms with Crippen LogP contribution >= 0.6 is 7.92 Å². The van der Waals surface area contributed by atoms with Crippen molar-refractivity contribution in [3.63, 3.8) is 0 Å². The second kappa shape index (κ2) is 9.85. The summed E-state index contributed by atoms with van der Waals surface area (Å²) in [4.78, 5) is -1.03. The van der Waals surface area contributed by atoms with Crippen LogP contribution in [0.3, 0.4) is 0 Å². The van der Waals surface area contributed by atoms with E-state index in [4.69, 9.17) is 0 Å². The molecule has 200 valence electrons. The van der Waals surface area contributed by atoms with Crippen molar-refractivity contribution < 1.29 is 38.9 Å². The van der Waals surface area contributed by atoms with E-state index in [1.807, 2.05) is 0 Å². The van der Waals surface area contributed by atoms with Crippen molar-refractivity contribution in [2.45, 2.75) is 56.2 Å². The summed E-state index contributed by atoms with van der Waals surface area (Å²) in [6.07, 6.45) is 0. The van der Waals surface area contributed by atoms with Gasteiger partial charge in [0.25, 0.3) is 30.4 Å². The Morgan fingerprint density at radius 3 is 0.865 bits per heavy atom. The first-order chi connectivity index (χ1) is 16.8. The summed E-state index contributed by atoms with van der Waals surface area (Å²) in [7, 11) is -15.8. The molecule has 0 aromatic heterocycles. The largest absolute Gasteiger partial charge is 0.294 e. The first-order valence-corrected chi connectivity index (χ1v) is 16.5. The Morgan fingerprint density at radius 2 is 0.676 bits per heavy atom. The molecular formula is C24H27O9PS3. The van der Waals surface area contributed by atoms with E-state index in [-0.39, 0.29) is 31.4 Å². The minimum absolute atomic E-state index is 0.209. The van der Waals surface area contributed by atoms with Crippen LogP contribution in [0.2, 0.25) is 0 Å². The van der Waals surface area contributed by atoms with Crippen LogP contribution in [0.25, 0.3) is 0 Å². The number of hydrogen-bond donors (Lipinski definition) is 3. The Morgan fingerprint density at radius 1 is 0.459 bits per heavy atom. The Hall–Kier alpha value is -2.18. The molecule has 0 aliphatic rings. The van der Waals surface area contributed by atoms with Crippen molar-refractivity contribution in [2.24, 2.45) is 0 Å². The van der Waals surface area contributed by atoms with Crippen LogP contribution in [0.15, 0.2) is 51.1 Å². The molecule has 0 atom stereocenters. The minimum Gasteiger partial charge on any atom is -0.282 e. The lowest BCUT2D eigenvalue weighted by molar-refractivity contribution is 0.480. The maximum Gasteiger partial charge on any atom is 0.294 e. The van der Waals surface area contributed by atoms with E-state index in [2.05, 4.69) is 0 Å². The molecule has 9 nitrogen and oxygen atoms in total. The quantitative estimate of drug-likeness (QED) is 0.291. The van der Waals surface area contributed by atoms with Gasteiger partial charge in [0.2, 0.25) is 0 Å². The Bertz CT molecular complexity index is 1550. The smallest absolute Gasteiger partial charge is 0.282 e. The van der Waals surface area contributed by atoms with Gasteiger partial charge in [-0.3, -0.25) is 13.7 Å². The Kier molecular flexibility index (Phi) is 7.82. The van der Waals surface area contributed by atoms with Crippen molar-refractivity contribution in [1.82, 2.24) is 0 Å². The molecular weight excluding hydrogens is 559 g/mol. The molecule has 0 fully saturated rings. The fourth-order valence-corrected chi connectivity index (χ4v) is 10.4. The highest BCUT2D eigenvalue weighted by Crippen LogP contribution is 2.42. The summed E-state index contributed by atoms with van der Waals surface area (Å²) < 4.78 is 103. The van der Waals surface area contributed by atoms with E-state index in [1.165, 1.54) is 57.2 Å². The zero-order valence-corrected chi connectivity index (χ0v) is 24.3. The van der Waals surface area contributed by atoms with Crippen LogP contribution in [-0.4, -0.2) is 38.9 Å². The molecule has 0 amide bonds. The molecule has 3 aromatic rings. The fourth-order valence-electron chi connectivity index (χ4n) is 4.66. The topological polar surface area (TPSA) is 163 Å². The molecule has 0 saturated carbocycles. The molecule has 0 saturated heterocycles. The molecule has 3 aromatic carbocycles. The minimum atomic E-state index is -4.64. The van der Waals surface area contributed by atoms with Gasteiger partial charge in [0, 0.05) is 0 Å². The highest BCUT2D eigenvalue weighted by Gasteiger charge is 2.32. The third-order valence-corrected chi connectivity index (χ3v) is 12.7. The van der Waals surface area contributed by atoms with Gasteiger partial charge in [0.15, 0.2) is 0 Å². The normalized spacial score (nSPS) is 12.8. The maximum atomic E-state index is 12.2. The SMILES string of the molecule is Cc1ccc(S(=O)(=O)O)c(C)c1P(c1c(C)ccc(S(=O)(=O)O)c1C)c1c(C)ccc(S(=O)(=O)O)c1C. The summed E-state index contributed by atoms with van der Waals surface area (Å²) >= 11 is 0. The van der Waals surface area contributed by atoms with Crippen LogP contribution in [0.5, 0.6) is 0 Å². The number of hydrogen-bond acceptors (Lipinski definition) is 6. The standard InChI is InChI=1S/C24H27O9PS3/c1-13-7-10-19(35(25,26)27)16(4)22(13)34(23-14(2)8-11-20(17(23)5)36(28,29)30)24-15(3)9-12-21(18(24)6)37(31,32)33/h7-12H,1-6H3,(H,25,26,27)(H,28,29,30)(H,31,32,33). The van der Waals surface area contributed by atoms with Gasteiger partial charge in [-0.15, -0.1) is 0 Å². The molecule has 0 spiro atoms. The van der Waals surface area contributed by atoms with E-state index in [1.54, 1.807) is 20.8 Å². The fraction of sp³-hybridized carbons (Fsp3) is 0.250. The van der Waals surface area contributed by atoms with E-state index < -0.39 is 38.3 Å².